The third-order valence-electron chi connectivity index (χ3n) is 3.41. The Bertz CT molecular complexity index is 391. The molecule has 0 aromatic carbocycles. The molecule has 2 rings (SSSR count). The molecule has 0 radical (unpaired) electrons. The minimum atomic E-state index is -0.0125. The quantitative estimate of drug-likeness (QED) is 0.881. The van der Waals surface area contributed by atoms with Crippen molar-refractivity contribution in [3.8, 4) is 0 Å². The number of nitrogen functional groups attached to an aromatic ring is 1. The minimum absolute atomic E-state index is 0.0125. The van der Waals surface area contributed by atoms with Crippen molar-refractivity contribution in [2.45, 2.75) is 45.4 Å². The fraction of sp³-hybridized carbons (Fsp3) is 0.769. The van der Waals surface area contributed by atoms with Gasteiger partial charge in [0, 0.05) is 25.8 Å². The number of hydrogen-bond acceptors (Lipinski definition) is 4. The molecule has 0 aliphatic carbocycles. The molecule has 1 aliphatic heterocycles. The maximum atomic E-state index is 5.76. The smallest absolute Gasteiger partial charge is 0.141 e. The van der Waals surface area contributed by atoms with Gasteiger partial charge in [0.15, 0.2) is 0 Å². The Morgan fingerprint density at radius 1 is 1.39 bits per heavy atom. The highest BCUT2D eigenvalue weighted by atomic mass is 16.5. The molecule has 0 spiro atoms. The average Bonchev–Trinajstić information content (AvgIpc) is 2.62. The van der Waals surface area contributed by atoms with Crippen LogP contribution in [-0.2, 0) is 10.3 Å². The van der Waals surface area contributed by atoms with Crippen molar-refractivity contribution >= 4 is 5.82 Å². The van der Waals surface area contributed by atoms with Crippen LogP contribution in [0, 0.1) is 0 Å². The lowest BCUT2D eigenvalue weighted by atomic mass is 10.0. The van der Waals surface area contributed by atoms with Gasteiger partial charge in [0.1, 0.15) is 5.82 Å². The Labute approximate surface area is 109 Å². The highest BCUT2D eigenvalue weighted by Crippen LogP contribution is 2.20. The van der Waals surface area contributed by atoms with Crippen LogP contribution in [0.1, 0.15) is 27.7 Å². The first-order chi connectivity index (χ1) is 8.37. The van der Waals surface area contributed by atoms with Crippen molar-refractivity contribution in [1.82, 2.24) is 14.5 Å². The number of hydrogen-bond donors (Lipinski definition) is 1. The maximum Gasteiger partial charge on any atom is 0.141 e. The van der Waals surface area contributed by atoms with E-state index in [0.29, 0.717) is 18.0 Å². The van der Waals surface area contributed by atoms with Crippen LogP contribution in [0.2, 0.25) is 0 Å². The third kappa shape index (κ3) is 3.03. The fourth-order valence-corrected chi connectivity index (χ4v) is 2.71. The lowest BCUT2D eigenvalue weighted by Crippen LogP contribution is -2.50. The molecule has 5 heteroatoms. The van der Waals surface area contributed by atoms with Gasteiger partial charge < -0.3 is 15.0 Å². The van der Waals surface area contributed by atoms with Gasteiger partial charge in [-0.25, -0.2) is 4.98 Å². The maximum absolute atomic E-state index is 5.76. The lowest BCUT2D eigenvalue weighted by Gasteiger charge is -2.40. The second-order valence-corrected chi connectivity index (χ2v) is 5.97. The van der Waals surface area contributed by atoms with E-state index in [-0.39, 0.29) is 5.54 Å². The van der Waals surface area contributed by atoms with Crippen molar-refractivity contribution in [1.29, 1.82) is 0 Å². The summed E-state index contributed by atoms with van der Waals surface area (Å²) in [4.78, 5) is 6.56. The van der Waals surface area contributed by atoms with Crippen LogP contribution in [-0.4, -0.2) is 46.3 Å². The van der Waals surface area contributed by atoms with Crippen LogP contribution in [0.3, 0.4) is 0 Å². The van der Waals surface area contributed by atoms with Gasteiger partial charge in [-0.3, -0.25) is 4.90 Å². The number of nitrogens with two attached hydrogens (primary N) is 1. The van der Waals surface area contributed by atoms with E-state index in [2.05, 4.69) is 42.1 Å². The average molecular weight is 252 g/mol. The first-order valence-corrected chi connectivity index (χ1v) is 6.54. The Kier molecular flexibility index (Phi) is 3.64. The standard InChI is InChI=1S/C13H24N4O/c1-10-5-16(6-11(2)18-10)8-13(3,4)17-7-12(14)15-9-17/h7,9-11H,5-6,8,14H2,1-4H3/t10-,11+. The van der Waals surface area contributed by atoms with E-state index in [1.165, 1.54) is 0 Å². The first kappa shape index (κ1) is 13.4. The van der Waals surface area contributed by atoms with Crippen molar-refractivity contribution in [2.75, 3.05) is 25.4 Å². The molecule has 0 saturated carbocycles. The number of morpholine rings is 1. The summed E-state index contributed by atoms with van der Waals surface area (Å²) < 4.78 is 7.85. The summed E-state index contributed by atoms with van der Waals surface area (Å²) in [5, 5.41) is 0. The van der Waals surface area contributed by atoms with Crippen molar-refractivity contribution in [2.24, 2.45) is 0 Å². The lowest BCUT2D eigenvalue weighted by molar-refractivity contribution is -0.0747. The molecule has 102 valence electrons. The van der Waals surface area contributed by atoms with Crippen LogP contribution in [0.15, 0.2) is 12.5 Å². The summed E-state index contributed by atoms with van der Waals surface area (Å²) >= 11 is 0. The SMILES string of the molecule is C[C@@H]1CN(CC(C)(C)n2cnc(N)c2)C[C@H](C)O1. The largest absolute Gasteiger partial charge is 0.382 e. The monoisotopic (exact) mass is 252 g/mol. The summed E-state index contributed by atoms with van der Waals surface area (Å²) in [6, 6.07) is 0. The van der Waals surface area contributed by atoms with Crippen LogP contribution in [0.25, 0.3) is 0 Å². The molecule has 1 fully saturated rings. The number of aromatic nitrogens is 2. The summed E-state index contributed by atoms with van der Waals surface area (Å²) in [6.45, 7) is 11.6. The molecule has 0 bridgehead atoms. The molecule has 1 aromatic rings. The molecule has 0 unspecified atom stereocenters. The molecule has 18 heavy (non-hydrogen) atoms. The molecular weight excluding hydrogens is 228 g/mol. The van der Waals surface area contributed by atoms with E-state index in [9.17, 15) is 0 Å². The Morgan fingerprint density at radius 3 is 2.50 bits per heavy atom. The highest BCUT2D eigenvalue weighted by Gasteiger charge is 2.28. The van der Waals surface area contributed by atoms with Crippen LogP contribution >= 0.6 is 0 Å². The van der Waals surface area contributed by atoms with E-state index < -0.39 is 0 Å². The molecule has 5 nitrogen and oxygen atoms in total. The topological polar surface area (TPSA) is 56.3 Å². The van der Waals surface area contributed by atoms with Crippen LogP contribution in [0.4, 0.5) is 5.82 Å². The Morgan fingerprint density at radius 2 is 2.00 bits per heavy atom. The van der Waals surface area contributed by atoms with Gasteiger partial charge in [-0.2, -0.15) is 0 Å². The molecule has 2 heterocycles. The Hall–Kier alpha value is -1.07. The van der Waals surface area contributed by atoms with Gasteiger partial charge in [-0.05, 0) is 27.7 Å². The van der Waals surface area contributed by atoms with Gasteiger partial charge in [-0.1, -0.05) is 0 Å². The number of rotatable bonds is 3. The zero-order chi connectivity index (χ0) is 13.3. The number of ether oxygens (including phenoxy) is 1. The summed E-state index contributed by atoms with van der Waals surface area (Å²) in [7, 11) is 0. The van der Waals surface area contributed by atoms with E-state index in [4.69, 9.17) is 10.5 Å². The number of anilines is 1. The van der Waals surface area contributed by atoms with E-state index in [0.717, 1.165) is 19.6 Å². The summed E-state index contributed by atoms with van der Waals surface area (Å²) in [5.41, 5.74) is 5.67. The highest BCUT2D eigenvalue weighted by molar-refractivity contribution is 5.23. The molecule has 1 aliphatic rings. The van der Waals surface area contributed by atoms with Crippen molar-refractivity contribution < 1.29 is 4.74 Å². The minimum Gasteiger partial charge on any atom is -0.382 e. The molecular formula is C13H24N4O. The van der Waals surface area contributed by atoms with Gasteiger partial charge in [0.2, 0.25) is 0 Å². The van der Waals surface area contributed by atoms with Crippen molar-refractivity contribution in [3.05, 3.63) is 12.5 Å². The van der Waals surface area contributed by atoms with Gasteiger partial charge in [0.25, 0.3) is 0 Å². The van der Waals surface area contributed by atoms with E-state index in [1.807, 2.05) is 12.5 Å². The van der Waals surface area contributed by atoms with Crippen molar-refractivity contribution in [3.63, 3.8) is 0 Å². The third-order valence-corrected chi connectivity index (χ3v) is 3.41. The van der Waals surface area contributed by atoms with Crippen LogP contribution in [0.5, 0.6) is 0 Å². The van der Waals surface area contributed by atoms with E-state index >= 15 is 0 Å². The predicted molar refractivity (Wildman–Crippen MR) is 72.4 cm³/mol. The number of imidazole rings is 1. The molecule has 1 aromatic heterocycles. The van der Waals surface area contributed by atoms with Gasteiger partial charge in [-0.15, -0.1) is 0 Å². The molecule has 2 N–H and O–H groups in total. The van der Waals surface area contributed by atoms with Gasteiger partial charge >= 0.3 is 0 Å². The van der Waals surface area contributed by atoms with Gasteiger partial charge in [0.05, 0.1) is 24.1 Å². The normalized spacial score (nSPS) is 26.4. The summed E-state index contributed by atoms with van der Waals surface area (Å²) in [6.07, 6.45) is 4.31. The molecule has 0 amide bonds. The molecule has 2 atom stereocenters. The van der Waals surface area contributed by atoms with Crippen LogP contribution < -0.4 is 5.73 Å². The Balaban J connectivity index is 2.03. The fourth-order valence-electron chi connectivity index (χ4n) is 2.71. The molecule has 1 saturated heterocycles. The zero-order valence-corrected chi connectivity index (χ0v) is 11.8. The number of nitrogens with zero attached hydrogens (tertiary/aromatic N) is 3. The second-order valence-electron chi connectivity index (χ2n) is 5.97. The van der Waals surface area contributed by atoms with E-state index in [1.54, 1.807) is 0 Å². The summed E-state index contributed by atoms with van der Waals surface area (Å²) in [5.74, 6) is 0.576. The second kappa shape index (κ2) is 4.90. The predicted octanol–water partition coefficient (Wildman–Crippen LogP) is 1.31. The first-order valence-electron chi connectivity index (χ1n) is 6.54. The zero-order valence-electron chi connectivity index (χ0n) is 11.8.